The van der Waals surface area contributed by atoms with Gasteiger partial charge in [0, 0.05) is 12.1 Å². The first kappa shape index (κ1) is 12.7. The molecule has 2 N–H and O–H groups in total. The number of hydrogen-bond donors (Lipinski definition) is 1. The summed E-state index contributed by atoms with van der Waals surface area (Å²) < 4.78 is 74.5. The number of ether oxygens (including phenoxy) is 1. The molecule has 0 heterocycles. The second kappa shape index (κ2) is 4.26. The number of sulfonamides is 1. The molecule has 0 aliphatic heterocycles. The number of primary sulfonamides is 1. The van der Waals surface area contributed by atoms with Crippen LogP contribution in [0.4, 0.5) is 17.6 Å². The number of alkyl halides is 2. The van der Waals surface area contributed by atoms with Crippen molar-refractivity contribution in [1.29, 1.82) is 0 Å². The Morgan fingerprint density at radius 2 is 1.81 bits per heavy atom. The van der Waals surface area contributed by atoms with Crippen LogP contribution >= 0.6 is 0 Å². The Hall–Kier alpha value is -1.35. The fourth-order valence-corrected chi connectivity index (χ4v) is 1.55. The lowest BCUT2D eigenvalue weighted by molar-refractivity contribution is -0.0502. The smallest absolute Gasteiger partial charge is 0.387 e. The average molecular weight is 259 g/mol. The van der Waals surface area contributed by atoms with E-state index in [0.717, 1.165) is 0 Å². The van der Waals surface area contributed by atoms with E-state index in [1.165, 1.54) is 0 Å². The van der Waals surface area contributed by atoms with Crippen LogP contribution in [0.25, 0.3) is 0 Å². The number of halogens is 4. The highest BCUT2D eigenvalue weighted by Crippen LogP contribution is 2.24. The summed E-state index contributed by atoms with van der Waals surface area (Å²) in [5.41, 5.74) is 0. The van der Waals surface area contributed by atoms with Crippen LogP contribution in [0, 0.1) is 11.6 Å². The van der Waals surface area contributed by atoms with Gasteiger partial charge in [-0.25, -0.2) is 22.3 Å². The van der Waals surface area contributed by atoms with Gasteiger partial charge in [-0.15, -0.1) is 0 Å². The molecule has 0 saturated carbocycles. The minimum absolute atomic E-state index is 0.288. The van der Waals surface area contributed by atoms with Crippen LogP contribution in [0.3, 0.4) is 0 Å². The molecule has 0 aliphatic rings. The van der Waals surface area contributed by atoms with Gasteiger partial charge in [0.1, 0.15) is 10.6 Å². The second-order valence-electron chi connectivity index (χ2n) is 2.64. The Balaban J connectivity index is 3.34. The van der Waals surface area contributed by atoms with Crippen molar-refractivity contribution in [1.82, 2.24) is 0 Å². The SMILES string of the molecule is NS(=O)(=O)c1cc(OC(F)F)cc(F)c1F. The van der Waals surface area contributed by atoms with Crippen LogP contribution in [-0.4, -0.2) is 15.0 Å². The van der Waals surface area contributed by atoms with E-state index in [1.54, 1.807) is 0 Å². The molecular weight excluding hydrogens is 254 g/mol. The summed E-state index contributed by atoms with van der Waals surface area (Å²) in [5, 5.41) is 4.55. The molecule has 4 nitrogen and oxygen atoms in total. The summed E-state index contributed by atoms with van der Waals surface area (Å²) in [4.78, 5) is -1.25. The Morgan fingerprint density at radius 3 is 2.25 bits per heavy atom. The predicted molar refractivity (Wildman–Crippen MR) is 44.4 cm³/mol. The maximum absolute atomic E-state index is 12.9. The Labute approximate surface area is 87.7 Å². The first-order valence-corrected chi connectivity index (χ1v) is 5.23. The van der Waals surface area contributed by atoms with Gasteiger partial charge in [-0.2, -0.15) is 8.78 Å². The zero-order valence-electron chi connectivity index (χ0n) is 7.45. The number of benzene rings is 1. The minimum atomic E-state index is -4.55. The van der Waals surface area contributed by atoms with E-state index < -0.39 is 38.9 Å². The third-order valence-electron chi connectivity index (χ3n) is 1.50. The molecule has 1 rings (SSSR count). The molecule has 0 aliphatic carbocycles. The molecule has 1 aromatic carbocycles. The van der Waals surface area contributed by atoms with Gasteiger partial charge in [-0.05, 0) is 0 Å². The predicted octanol–water partition coefficient (Wildman–Crippen LogP) is 1.21. The quantitative estimate of drug-likeness (QED) is 0.829. The second-order valence-corrected chi connectivity index (χ2v) is 4.17. The fourth-order valence-electron chi connectivity index (χ4n) is 0.918. The molecule has 1 aromatic rings. The first-order valence-electron chi connectivity index (χ1n) is 3.68. The van der Waals surface area contributed by atoms with Gasteiger partial charge >= 0.3 is 6.61 Å². The standard InChI is InChI=1S/C7H5F4NO3S/c8-4-1-3(15-7(10)11)2-5(6(4)9)16(12,13)14/h1-2,7H,(H2,12,13,14). The lowest BCUT2D eigenvalue weighted by Crippen LogP contribution is -2.15. The summed E-state index contributed by atoms with van der Waals surface area (Å²) >= 11 is 0. The summed E-state index contributed by atoms with van der Waals surface area (Å²) in [7, 11) is -4.55. The van der Waals surface area contributed by atoms with Crippen LogP contribution in [0.2, 0.25) is 0 Å². The maximum atomic E-state index is 12.9. The maximum Gasteiger partial charge on any atom is 0.387 e. The Morgan fingerprint density at radius 1 is 1.25 bits per heavy atom. The number of rotatable bonds is 3. The monoisotopic (exact) mass is 259 g/mol. The number of nitrogens with two attached hydrogens (primary N) is 1. The molecule has 0 atom stereocenters. The minimum Gasteiger partial charge on any atom is -0.435 e. The first-order chi connectivity index (χ1) is 7.21. The highest BCUT2D eigenvalue weighted by atomic mass is 32.2. The van der Waals surface area contributed by atoms with Gasteiger partial charge < -0.3 is 4.74 Å². The van der Waals surface area contributed by atoms with E-state index in [9.17, 15) is 26.0 Å². The highest BCUT2D eigenvalue weighted by molar-refractivity contribution is 7.89. The summed E-state index contributed by atoms with van der Waals surface area (Å²) in [6.45, 7) is -3.29. The van der Waals surface area contributed by atoms with Crippen molar-refractivity contribution in [3.05, 3.63) is 23.8 Å². The molecule has 0 amide bonds. The molecule has 9 heteroatoms. The van der Waals surface area contributed by atoms with Crippen molar-refractivity contribution in [2.24, 2.45) is 5.14 Å². The molecule has 0 bridgehead atoms. The highest BCUT2D eigenvalue weighted by Gasteiger charge is 2.21. The van der Waals surface area contributed by atoms with Crippen molar-refractivity contribution >= 4 is 10.0 Å². The van der Waals surface area contributed by atoms with Crippen LogP contribution in [0.5, 0.6) is 5.75 Å². The topological polar surface area (TPSA) is 69.4 Å². The van der Waals surface area contributed by atoms with Gasteiger partial charge in [0.25, 0.3) is 0 Å². The molecule has 0 aromatic heterocycles. The van der Waals surface area contributed by atoms with Crippen molar-refractivity contribution in [2.75, 3.05) is 0 Å². The van der Waals surface area contributed by atoms with Crippen LogP contribution in [0.1, 0.15) is 0 Å². The molecule has 90 valence electrons. The molecule has 16 heavy (non-hydrogen) atoms. The summed E-state index contributed by atoms with van der Waals surface area (Å²) in [6.07, 6.45) is 0. The molecule has 0 fully saturated rings. The Bertz CT molecular complexity index is 503. The van der Waals surface area contributed by atoms with E-state index in [4.69, 9.17) is 0 Å². The van der Waals surface area contributed by atoms with Crippen LogP contribution < -0.4 is 9.88 Å². The van der Waals surface area contributed by atoms with Crippen molar-refractivity contribution in [3.63, 3.8) is 0 Å². The average Bonchev–Trinajstić information content (AvgIpc) is 2.08. The van der Waals surface area contributed by atoms with E-state index in [0.29, 0.717) is 6.07 Å². The lowest BCUT2D eigenvalue weighted by Gasteiger charge is -2.07. The van der Waals surface area contributed by atoms with Gasteiger partial charge in [0.2, 0.25) is 10.0 Å². The van der Waals surface area contributed by atoms with E-state index in [-0.39, 0.29) is 6.07 Å². The normalized spacial score (nSPS) is 11.9. The Kier molecular flexibility index (Phi) is 3.38. The summed E-state index contributed by atoms with van der Waals surface area (Å²) in [6, 6.07) is 0.663. The zero-order valence-corrected chi connectivity index (χ0v) is 8.27. The molecule has 0 unspecified atom stereocenters. The van der Waals surface area contributed by atoms with Gasteiger partial charge in [-0.1, -0.05) is 0 Å². The third-order valence-corrected chi connectivity index (χ3v) is 2.41. The van der Waals surface area contributed by atoms with E-state index in [1.807, 2.05) is 0 Å². The summed E-state index contributed by atoms with van der Waals surface area (Å²) in [5.74, 6) is -4.23. The van der Waals surface area contributed by atoms with E-state index in [2.05, 4.69) is 9.88 Å². The molecule has 0 radical (unpaired) electrons. The van der Waals surface area contributed by atoms with Crippen LogP contribution in [-0.2, 0) is 10.0 Å². The van der Waals surface area contributed by atoms with Gasteiger partial charge in [0.05, 0.1) is 0 Å². The molecule has 0 saturated heterocycles. The van der Waals surface area contributed by atoms with Crippen molar-refractivity contribution < 1.29 is 30.7 Å². The molecular formula is C7H5F4NO3S. The fraction of sp³-hybridized carbons (Fsp3) is 0.143. The van der Waals surface area contributed by atoms with Crippen LogP contribution in [0.15, 0.2) is 17.0 Å². The largest absolute Gasteiger partial charge is 0.435 e. The van der Waals surface area contributed by atoms with E-state index >= 15 is 0 Å². The third kappa shape index (κ3) is 2.83. The number of hydrogen-bond acceptors (Lipinski definition) is 3. The van der Waals surface area contributed by atoms with Crippen molar-refractivity contribution in [3.8, 4) is 5.75 Å². The van der Waals surface area contributed by atoms with Gasteiger partial charge in [0.15, 0.2) is 11.6 Å². The van der Waals surface area contributed by atoms with Crippen molar-refractivity contribution in [2.45, 2.75) is 11.5 Å². The lowest BCUT2D eigenvalue weighted by atomic mass is 10.3. The zero-order chi connectivity index (χ0) is 12.5. The molecule has 0 spiro atoms. The van der Waals surface area contributed by atoms with Gasteiger partial charge in [-0.3, -0.25) is 0 Å².